The Labute approximate surface area is 54.0 Å². The maximum atomic E-state index is 12.4. The van der Waals surface area contributed by atoms with Crippen LogP contribution in [0.2, 0.25) is 6.32 Å². The predicted octanol–water partition coefficient (Wildman–Crippen LogP) is 2.50. The fourth-order valence-corrected chi connectivity index (χ4v) is 0.894. The summed E-state index contributed by atoms with van der Waals surface area (Å²) in [5.74, 6) is 1.11. The summed E-state index contributed by atoms with van der Waals surface area (Å²) < 4.78 is 24.8. The fraction of sp³-hybridized carbons (Fsp3) is 0.667. The normalized spacial score (nSPS) is 19.8. The molecule has 1 aliphatic carbocycles. The van der Waals surface area contributed by atoms with Crippen molar-refractivity contribution in [2.75, 3.05) is 0 Å². The number of rotatable bonds is 3. The molecule has 1 aliphatic rings. The average molecular weight is 131 g/mol. The largest absolute Gasteiger partial charge is 0.474 e. The predicted molar refractivity (Wildman–Crippen MR) is 35.7 cm³/mol. The highest BCUT2D eigenvalue weighted by molar-refractivity contribution is 6.71. The Morgan fingerprint density at radius 2 is 2.11 bits per heavy atom. The highest BCUT2D eigenvalue weighted by Gasteiger charge is 2.29. The molecule has 1 fully saturated rings. The summed E-state index contributed by atoms with van der Waals surface area (Å²) in [6.07, 6.45) is 2.06. The van der Waals surface area contributed by atoms with Gasteiger partial charge < -0.3 is 8.63 Å². The summed E-state index contributed by atoms with van der Waals surface area (Å²) in [6.45, 7) is -0.106. The Morgan fingerprint density at radius 1 is 1.56 bits per heavy atom. The van der Waals surface area contributed by atoms with E-state index in [1.165, 1.54) is 0 Å². The molecule has 9 heavy (non-hydrogen) atoms. The fourth-order valence-electron chi connectivity index (χ4n) is 0.894. The molecule has 0 aromatic carbocycles. The third kappa shape index (κ3) is 2.16. The quantitative estimate of drug-likeness (QED) is 0.516. The van der Waals surface area contributed by atoms with Gasteiger partial charge in [-0.25, -0.2) is 0 Å². The Kier molecular flexibility index (Phi) is 1.60. The number of hydrogen-bond acceptors (Lipinski definition) is 0. The van der Waals surface area contributed by atoms with Gasteiger partial charge >= 0.3 is 6.70 Å². The van der Waals surface area contributed by atoms with E-state index in [2.05, 4.69) is 6.58 Å². The average Bonchev–Trinajstić information content (AvgIpc) is 2.50. The SMILES string of the molecule is C=C[B-](F)(F)CC1CC1. The molecule has 0 N–H and O–H groups in total. The first kappa shape index (κ1) is 6.78. The lowest BCUT2D eigenvalue weighted by molar-refractivity contribution is 0.605. The van der Waals surface area contributed by atoms with Crippen molar-refractivity contribution >= 4 is 6.70 Å². The van der Waals surface area contributed by atoms with Gasteiger partial charge in [0.05, 0.1) is 0 Å². The van der Waals surface area contributed by atoms with E-state index in [-0.39, 0.29) is 6.32 Å². The minimum absolute atomic E-state index is 0.0729. The highest BCUT2D eigenvalue weighted by atomic mass is 19.2. The summed E-state index contributed by atoms with van der Waals surface area (Å²) in [5, 5.41) is 0. The number of hydrogen-bond donors (Lipinski definition) is 0. The minimum Gasteiger partial charge on any atom is -0.474 e. The summed E-state index contributed by atoms with van der Waals surface area (Å²) in [4.78, 5) is 0. The van der Waals surface area contributed by atoms with E-state index < -0.39 is 6.70 Å². The van der Waals surface area contributed by atoms with Crippen LogP contribution >= 0.6 is 0 Å². The molecule has 0 saturated heterocycles. The standard InChI is InChI=1S/C6H10BF2/c1-2-7(8,9)5-6-3-4-6/h2,6H,1,3-5H2/q-1. The summed E-state index contributed by atoms with van der Waals surface area (Å²) >= 11 is 0. The van der Waals surface area contributed by atoms with Gasteiger partial charge in [0.1, 0.15) is 0 Å². The Morgan fingerprint density at radius 3 is 2.44 bits per heavy atom. The molecule has 0 spiro atoms. The van der Waals surface area contributed by atoms with Crippen LogP contribution in [0.25, 0.3) is 0 Å². The van der Waals surface area contributed by atoms with E-state index in [1.807, 2.05) is 0 Å². The lowest BCUT2D eigenvalue weighted by atomic mass is 9.61. The van der Waals surface area contributed by atoms with Gasteiger partial charge in [0, 0.05) is 0 Å². The number of halogens is 2. The van der Waals surface area contributed by atoms with E-state index in [9.17, 15) is 8.63 Å². The summed E-state index contributed by atoms with van der Waals surface area (Å²) in [6, 6.07) is 0. The molecule has 0 aromatic rings. The summed E-state index contributed by atoms with van der Waals surface area (Å²) in [5.41, 5.74) is 0. The van der Waals surface area contributed by atoms with Gasteiger partial charge in [0.25, 0.3) is 0 Å². The molecule has 0 aromatic heterocycles. The first-order chi connectivity index (χ1) is 4.14. The molecule has 1 saturated carbocycles. The van der Waals surface area contributed by atoms with E-state index in [4.69, 9.17) is 0 Å². The van der Waals surface area contributed by atoms with Crippen LogP contribution < -0.4 is 0 Å². The van der Waals surface area contributed by atoms with Crippen molar-refractivity contribution in [2.24, 2.45) is 5.92 Å². The lowest BCUT2D eigenvalue weighted by Crippen LogP contribution is -2.18. The molecule has 3 heteroatoms. The topological polar surface area (TPSA) is 0 Å². The molecule has 52 valence electrons. The lowest BCUT2D eigenvalue weighted by Gasteiger charge is -2.16. The smallest absolute Gasteiger partial charge is 0.326 e. The van der Waals surface area contributed by atoms with Gasteiger partial charge in [0.2, 0.25) is 0 Å². The molecule has 0 heterocycles. The maximum Gasteiger partial charge on any atom is 0.326 e. The molecule has 0 amide bonds. The van der Waals surface area contributed by atoms with Crippen LogP contribution in [0.4, 0.5) is 8.63 Å². The second-order valence-electron chi connectivity index (χ2n) is 2.79. The molecular weight excluding hydrogens is 121 g/mol. The van der Waals surface area contributed by atoms with Crippen LogP contribution in [0.5, 0.6) is 0 Å². The van der Waals surface area contributed by atoms with Gasteiger partial charge in [-0.1, -0.05) is 18.8 Å². The zero-order valence-corrected chi connectivity index (χ0v) is 5.32. The molecular formula is C6H10BF2-. The van der Waals surface area contributed by atoms with Crippen molar-refractivity contribution < 1.29 is 8.63 Å². The maximum absolute atomic E-state index is 12.4. The Hall–Kier alpha value is -0.335. The summed E-state index contributed by atoms with van der Waals surface area (Å²) in [7, 11) is 0. The molecule has 1 rings (SSSR count). The van der Waals surface area contributed by atoms with Crippen LogP contribution in [-0.2, 0) is 0 Å². The zero-order chi connectivity index (χ0) is 6.91. The molecule has 0 atom stereocenters. The van der Waals surface area contributed by atoms with Crippen molar-refractivity contribution in [2.45, 2.75) is 19.2 Å². The molecule has 0 aliphatic heterocycles. The van der Waals surface area contributed by atoms with Crippen molar-refractivity contribution in [3.05, 3.63) is 12.6 Å². The molecule has 0 radical (unpaired) electrons. The minimum atomic E-state index is -3.20. The Balaban J connectivity index is 2.29. The van der Waals surface area contributed by atoms with Gasteiger partial charge in [0.15, 0.2) is 0 Å². The first-order valence-corrected chi connectivity index (χ1v) is 3.31. The third-order valence-electron chi connectivity index (χ3n) is 1.69. The van der Waals surface area contributed by atoms with Gasteiger partial charge in [-0.15, -0.1) is 12.9 Å². The van der Waals surface area contributed by atoms with E-state index in [1.54, 1.807) is 0 Å². The van der Waals surface area contributed by atoms with Crippen molar-refractivity contribution in [3.63, 3.8) is 0 Å². The second kappa shape index (κ2) is 2.12. The van der Waals surface area contributed by atoms with Crippen LogP contribution in [0.3, 0.4) is 0 Å². The van der Waals surface area contributed by atoms with Gasteiger partial charge in [-0.05, 0) is 0 Å². The Bertz CT molecular complexity index is 118. The van der Waals surface area contributed by atoms with Crippen LogP contribution in [0, 0.1) is 5.92 Å². The highest BCUT2D eigenvalue weighted by Crippen LogP contribution is 2.38. The van der Waals surface area contributed by atoms with Gasteiger partial charge in [-0.2, -0.15) is 5.98 Å². The zero-order valence-electron chi connectivity index (χ0n) is 5.32. The van der Waals surface area contributed by atoms with E-state index in [0.717, 1.165) is 18.8 Å². The van der Waals surface area contributed by atoms with Crippen molar-refractivity contribution in [1.82, 2.24) is 0 Å². The van der Waals surface area contributed by atoms with Crippen LogP contribution in [0.15, 0.2) is 12.6 Å². The molecule has 0 bridgehead atoms. The molecule has 0 unspecified atom stereocenters. The first-order valence-electron chi connectivity index (χ1n) is 3.31. The van der Waals surface area contributed by atoms with Crippen molar-refractivity contribution in [3.8, 4) is 0 Å². The monoisotopic (exact) mass is 131 g/mol. The van der Waals surface area contributed by atoms with Gasteiger partial charge in [-0.3, -0.25) is 0 Å². The van der Waals surface area contributed by atoms with Crippen LogP contribution in [0.1, 0.15) is 12.8 Å². The van der Waals surface area contributed by atoms with Crippen molar-refractivity contribution in [1.29, 1.82) is 0 Å². The van der Waals surface area contributed by atoms with E-state index in [0.29, 0.717) is 5.92 Å². The third-order valence-corrected chi connectivity index (χ3v) is 1.69. The van der Waals surface area contributed by atoms with E-state index >= 15 is 0 Å². The molecule has 0 nitrogen and oxygen atoms in total. The second-order valence-corrected chi connectivity index (χ2v) is 2.79. The van der Waals surface area contributed by atoms with Crippen LogP contribution in [-0.4, -0.2) is 6.70 Å².